The minimum absolute atomic E-state index is 0.281. The van der Waals surface area contributed by atoms with Crippen molar-refractivity contribution in [3.63, 3.8) is 0 Å². The summed E-state index contributed by atoms with van der Waals surface area (Å²) in [5.74, 6) is 3.60. The van der Waals surface area contributed by atoms with E-state index in [-0.39, 0.29) is 6.10 Å². The number of methoxy groups -OCH3 is 1. The molecule has 3 aliphatic rings. The van der Waals surface area contributed by atoms with E-state index in [2.05, 4.69) is 44.0 Å². The van der Waals surface area contributed by atoms with Gasteiger partial charge < -0.3 is 9.47 Å². The van der Waals surface area contributed by atoms with Crippen LogP contribution < -0.4 is 9.47 Å². The smallest absolute Gasteiger partial charge is 0.165 e. The van der Waals surface area contributed by atoms with Gasteiger partial charge in [0.05, 0.1) is 7.11 Å². The van der Waals surface area contributed by atoms with E-state index in [4.69, 9.17) is 9.47 Å². The summed E-state index contributed by atoms with van der Waals surface area (Å²) < 4.78 is 12.0. The molecule has 0 saturated carbocycles. The van der Waals surface area contributed by atoms with E-state index in [1.54, 1.807) is 12.7 Å². The maximum atomic E-state index is 6.41. The van der Waals surface area contributed by atoms with Gasteiger partial charge in [0.15, 0.2) is 11.5 Å². The number of hydrogen-bond donors (Lipinski definition) is 0. The van der Waals surface area contributed by atoms with Crippen LogP contribution in [0, 0.1) is 11.8 Å². The van der Waals surface area contributed by atoms with Crippen molar-refractivity contribution in [2.24, 2.45) is 11.8 Å². The molecule has 1 aromatic carbocycles. The number of likely N-dealkylation sites (N-methyl/N-ethyl adjacent to an activating group) is 1. The monoisotopic (exact) mass is 299 g/mol. The van der Waals surface area contributed by atoms with Crippen LogP contribution in [0.1, 0.15) is 37.3 Å². The first-order valence-electron chi connectivity index (χ1n) is 8.34. The second-order valence-corrected chi connectivity index (χ2v) is 7.36. The molecule has 0 amide bonds. The minimum Gasteiger partial charge on any atom is -0.493 e. The zero-order valence-electron chi connectivity index (χ0n) is 13.9. The third-order valence-corrected chi connectivity index (χ3v) is 5.50. The van der Waals surface area contributed by atoms with Gasteiger partial charge in [0, 0.05) is 24.6 Å². The molecule has 3 nitrogen and oxygen atoms in total. The molecule has 0 aromatic heterocycles. The third kappa shape index (κ3) is 1.98. The normalized spacial score (nSPS) is 29.7. The maximum absolute atomic E-state index is 6.41. The van der Waals surface area contributed by atoms with Crippen molar-refractivity contribution in [2.45, 2.75) is 38.8 Å². The summed E-state index contributed by atoms with van der Waals surface area (Å²) in [4.78, 5) is 2.42. The predicted octanol–water partition coefficient (Wildman–Crippen LogP) is 3.59. The van der Waals surface area contributed by atoms with Gasteiger partial charge >= 0.3 is 0 Å². The Kier molecular flexibility index (Phi) is 3.23. The topological polar surface area (TPSA) is 21.7 Å². The largest absolute Gasteiger partial charge is 0.493 e. The van der Waals surface area contributed by atoms with Crippen molar-refractivity contribution in [2.75, 3.05) is 20.7 Å². The van der Waals surface area contributed by atoms with Crippen LogP contribution in [-0.2, 0) is 6.54 Å². The zero-order valence-corrected chi connectivity index (χ0v) is 13.9. The number of hydrogen-bond acceptors (Lipinski definition) is 3. The van der Waals surface area contributed by atoms with Crippen LogP contribution in [-0.4, -0.2) is 31.7 Å². The highest BCUT2D eigenvalue weighted by molar-refractivity contribution is 5.59. The number of benzene rings is 1. The Morgan fingerprint density at radius 1 is 1.27 bits per heavy atom. The lowest BCUT2D eigenvalue weighted by molar-refractivity contribution is 0.158. The van der Waals surface area contributed by atoms with Gasteiger partial charge in [0.1, 0.15) is 6.10 Å². The predicted molar refractivity (Wildman–Crippen MR) is 87.5 cm³/mol. The number of rotatable bonds is 2. The fourth-order valence-corrected chi connectivity index (χ4v) is 4.38. The third-order valence-electron chi connectivity index (χ3n) is 5.50. The Morgan fingerprint density at radius 3 is 2.82 bits per heavy atom. The first-order valence-corrected chi connectivity index (χ1v) is 8.34. The Hall–Kier alpha value is -1.48. The van der Waals surface area contributed by atoms with Crippen molar-refractivity contribution in [3.05, 3.63) is 34.9 Å². The molecule has 1 aromatic rings. The second kappa shape index (κ2) is 5.02. The quantitative estimate of drug-likeness (QED) is 0.779. The lowest BCUT2D eigenvalue weighted by Crippen LogP contribution is -2.32. The van der Waals surface area contributed by atoms with Crippen molar-refractivity contribution in [1.29, 1.82) is 0 Å². The van der Waals surface area contributed by atoms with Crippen LogP contribution in [0.5, 0.6) is 11.5 Å². The van der Waals surface area contributed by atoms with Crippen molar-refractivity contribution >= 4 is 0 Å². The van der Waals surface area contributed by atoms with E-state index in [1.165, 1.54) is 11.1 Å². The van der Waals surface area contributed by atoms with Gasteiger partial charge in [-0.15, -0.1) is 0 Å². The highest BCUT2D eigenvalue weighted by Gasteiger charge is 2.45. The Morgan fingerprint density at radius 2 is 2.09 bits per heavy atom. The SMILES string of the molecule is COc1ccc2c3c1OC1CC(C(C)C)C=C(CN(C)C2)C31. The fourth-order valence-electron chi connectivity index (χ4n) is 4.38. The van der Waals surface area contributed by atoms with E-state index >= 15 is 0 Å². The van der Waals surface area contributed by atoms with Crippen LogP contribution in [0.25, 0.3) is 0 Å². The molecule has 4 rings (SSSR count). The molecule has 0 fully saturated rings. The first-order chi connectivity index (χ1) is 10.6. The molecule has 2 heterocycles. The molecule has 3 heteroatoms. The van der Waals surface area contributed by atoms with Gasteiger partial charge in [-0.2, -0.15) is 0 Å². The van der Waals surface area contributed by atoms with E-state index in [9.17, 15) is 0 Å². The molecule has 22 heavy (non-hydrogen) atoms. The molecule has 0 N–H and O–H groups in total. The Balaban J connectivity index is 1.87. The second-order valence-electron chi connectivity index (χ2n) is 7.36. The van der Waals surface area contributed by atoms with E-state index < -0.39 is 0 Å². The lowest BCUT2D eigenvalue weighted by atomic mass is 9.74. The molecule has 3 unspecified atom stereocenters. The van der Waals surface area contributed by atoms with Crippen LogP contribution in [0.3, 0.4) is 0 Å². The first kappa shape index (κ1) is 14.1. The molecule has 3 atom stereocenters. The molecule has 0 saturated heterocycles. The average molecular weight is 299 g/mol. The molecule has 0 radical (unpaired) electrons. The van der Waals surface area contributed by atoms with Crippen molar-refractivity contribution < 1.29 is 9.47 Å². The van der Waals surface area contributed by atoms with E-state index in [0.29, 0.717) is 17.8 Å². The van der Waals surface area contributed by atoms with Crippen LogP contribution in [0.4, 0.5) is 0 Å². The Labute approximate surface area is 132 Å². The number of allylic oxidation sites excluding steroid dienone is 1. The standard InChI is InChI=1S/C19H25NO2/c1-11(2)13-7-14-10-20(3)9-12-5-6-15(21-4)19-18(12)17(14)16(8-13)22-19/h5-7,11,13,16-17H,8-10H2,1-4H3. The summed E-state index contributed by atoms with van der Waals surface area (Å²) in [5, 5.41) is 0. The van der Waals surface area contributed by atoms with Gasteiger partial charge in [0.2, 0.25) is 0 Å². The molecule has 0 bridgehead atoms. The number of nitrogens with zero attached hydrogens (tertiary/aromatic N) is 1. The van der Waals surface area contributed by atoms with Crippen LogP contribution >= 0.6 is 0 Å². The van der Waals surface area contributed by atoms with E-state index in [0.717, 1.165) is 31.0 Å². The summed E-state index contributed by atoms with van der Waals surface area (Å²) in [6, 6.07) is 4.28. The van der Waals surface area contributed by atoms with Crippen LogP contribution in [0.15, 0.2) is 23.8 Å². The lowest BCUT2D eigenvalue weighted by Gasteiger charge is -2.33. The van der Waals surface area contributed by atoms with Gasteiger partial charge in [0.25, 0.3) is 0 Å². The highest BCUT2D eigenvalue weighted by Crippen LogP contribution is 2.54. The van der Waals surface area contributed by atoms with Crippen molar-refractivity contribution in [1.82, 2.24) is 4.90 Å². The average Bonchev–Trinajstić information content (AvgIpc) is 2.79. The van der Waals surface area contributed by atoms with E-state index in [1.807, 2.05) is 0 Å². The molecule has 0 spiro atoms. The van der Waals surface area contributed by atoms with Gasteiger partial charge in [-0.25, -0.2) is 0 Å². The fraction of sp³-hybridized carbons (Fsp3) is 0.579. The summed E-state index contributed by atoms with van der Waals surface area (Å²) in [6.45, 7) is 6.67. The zero-order chi connectivity index (χ0) is 15.4. The molecule has 118 valence electrons. The van der Waals surface area contributed by atoms with Crippen molar-refractivity contribution in [3.8, 4) is 11.5 Å². The molecular formula is C19H25NO2. The van der Waals surface area contributed by atoms with Gasteiger partial charge in [-0.1, -0.05) is 26.0 Å². The minimum atomic E-state index is 0.281. The number of ether oxygens (including phenoxy) is 2. The highest BCUT2D eigenvalue weighted by atomic mass is 16.5. The molecule has 2 aliphatic heterocycles. The van der Waals surface area contributed by atoms with Crippen LogP contribution in [0.2, 0.25) is 0 Å². The molecule has 1 aliphatic carbocycles. The summed E-state index contributed by atoms with van der Waals surface area (Å²) in [5.41, 5.74) is 4.34. The maximum Gasteiger partial charge on any atom is 0.165 e. The molecular weight excluding hydrogens is 274 g/mol. The van der Waals surface area contributed by atoms with Gasteiger partial charge in [-0.05, 0) is 42.5 Å². The summed E-state index contributed by atoms with van der Waals surface area (Å²) in [6.07, 6.45) is 3.94. The van der Waals surface area contributed by atoms with Gasteiger partial charge in [-0.3, -0.25) is 4.90 Å². The summed E-state index contributed by atoms with van der Waals surface area (Å²) >= 11 is 0. The summed E-state index contributed by atoms with van der Waals surface area (Å²) in [7, 11) is 3.95. The Bertz CT molecular complexity index is 635.